The smallest absolute Gasteiger partial charge is 0.201 e. The fraction of sp³-hybridized carbons (Fsp3) is 0.800. The molecule has 2 unspecified atom stereocenters. The molecule has 8 aliphatic heterocycles. The molecule has 2 spiro atoms. The molecule has 0 radical (unpaired) electrons. The van der Waals surface area contributed by atoms with Crippen LogP contribution in [-0.2, 0) is 38.5 Å². The average molecular weight is 695 g/mol. The summed E-state index contributed by atoms with van der Waals surface area (Å²) in [6.45, 7) is 12.8. The van der Waals surface area contributed by atoms with Gasteiger partial charge < -0.3 is 18.9 Å². The van der Waals surface area contributed by atoms with Crippen molar-refractivity contribution in [2.45, 2.75) is 153 Å². The monoisotopic (exact) mass is 694 g/mol. The van der Waals surface area contributed by atoms with Gasteiger partial charge in [-0.1, -0.05) is 45.9 Å². The lowest BCUT2D eigenvalue weighted by Gasteiger charge is -2.60. The van der Waals surface area contributed by atoms with Crippen LogP contribution in [0.3, 0.4) is 0 Å². The van der Waals surface area contributed by atoms with Crippen LogP contribution in [0.25, 0.3) is 0 Å². The van der Waals surface area contributed by atoms with Gasteiger partial charge in [-0.05, 0) is 93.9 Å². The van der Waals surface area contributed by atoms with E-state index < -0.39 is 35.4 Å². The van der Waals surface area contributed by atoms with Crippen molar-refractivity contribution >= 4 is 11.6 Å². The number of hydrogen-bond donors (Lipinski definition) is 0. The van der Waals surface area contributed by atoms with E-state index in [0.717, 1.165) is 51.4 Å². The molecule has 8 heterocycles. The zero-order valence-corrected chi connectivity index (χ0v) is 30.4. The van der Waals surface area contributed by atoms with Crippen LogP contribution in [-0.4, -0.2) is 59.1 Å². The van der Waals surface area contributed by atoms with E-state index in [2.05, 4.69) is 27.7 Å². The Morgan fingerprint density at radius 2 is 1.06 bits per heavy atom. The van der Waals surface area contributed by atoms with Crippen LogP contribution in [0.1, 0.15) is 126 Å². The predicted molar refractivity (Wildman–Crippen MR) is 178 cm³/mol. The lowest BCUT2D eigenvalue weighted by Crippen LogP contribution is -2.70. The Kier molecular flexibility index (Phi) is 8.08. The Hall–Kier alpha value is -1.76. The number of carbonyl (C=O) groups excluding carboxylic acids is 2. The fourth-order valence-corrected chi connectivity index (χ4v) is 11.9. The maximum Gasteiger partial charge on any atom is 0.201 e. The van der Waals surface area contributed by atoms with Crippen LogP contribution in [0.15, 0.2) is 24.3 Å². The first-order chi connectivity index (χ1) is 23.9. The van der Waals surface area contributed by atoms with Crippen LogP contribution < -0.4 is 0 Å². The largest absolute Gasteiger partial charge is 0.345 e. The van der Waals surface area contributed by atoms with Crippen molar-refractivity contribution in [1.29, 1.82) is 0 Å². The first-order valence-corrected chi connectivity index (χ1v) is 19.4. The van der Waals surface area contributed by atoms with Gasteiger partial charge in [-0.25, -0.2) is 19.6 Å². The summed E-state index contributed by atoms with van der Waals surface area (Å²) in [4.78, 5) is 52.3. The highest BCUT2D eigenvalue weighted by molar-refractivity contribution is 6.01. The second kappa shape index (κ2) is 11.9. The third-order valence-corrected chi connectivity index (χ3v) is 14.9. The van der Waals surface area contributed by atoms with Crippen LogP contribution in [0.5, 0.6) is 0 Å². The number of ketones is 2. The highest BCUT2D eigenvalue weighted by Gasteiger charge is 2.71. The van der Waals surface area contributed by atoms with Crippen molar-refractivity contribution in [1.82, 2.24) is 0 Å². The number of Topliss-reactive ketones (excluding diaryl/α,β-unsaturated/α-hetero) is 2. The molecule has 50 heavy (non-hydrogen) atoms. The molecule has 1 aromatic rings. The summed E-state index contributed by atoms with van der Waals surface area (Å²) < 4.78 is 26.4. The summed E-state index contributed by atoms with van der Waals surface area (Å²) >= 11 is 0. The molecule has 1 aromatic carbocycles. The standard InChI is InChI=1S/C40H54O10/c1-21-10-12-29-23(3)33(43-35-39(29)27(21)14-16-37(5,45-35)47-49-39)19-31(41)25-8-7-9-26(18-25)32(42)20-34-24(4)30-13-11-22(2)28-15-17-38(6)46-36(44-34)40(28,30)50-48-38/h7-9,18,21-24,27-30,33-36H,10-17,19-20H2,1-6H3/t21-,22-,23-,24-,27+,28+,29+,30+,33?,34?,35+,36+,37-,38-,39-,40-/m1/s1. The molecule has 10 aliphatic rings. The zero-order chi connectivity index (χ0) is 34.8. The summed E-state index contributed by atoms with van der Waals surface area (Å²) in [5.74, 6) is 0.125. The molecule has 2 aliphatic carbocycles. The molecule has 0 aromatic heterocycles. The number of benzene rings is 1. The molecule has 10 nitrogen and oxygen atoms in total. The van der Waals surface area contributed by atoms with E-state index in [4.69, 9.17) is 38.5 Å². The third kappa shape index (κ3) is 4.95. The fourth-order valence-electron chi connectivity index (χ4n) is 11.9. The molecule has 11 rings (SSSR count). The molecule has 10 heteroatoms. The third-order valence-electron chi connectivity index (χ3n) is 14.9. The van der Waals surface area contributed by atoms with Crippen molar-refractivity contribution in [2.24, 2.45) is 47.3 Å². The Morgan fingerprint density at radius 3 is 1.50 bits per heavy atom. The Labute approximate surface area is 295 Å². The molecule has 0 amide bonds. The molecule has 8 saturated heterocycles. The van der Waals surface area contributed by atoms with Crippen molar-refractivity contribution in [3.8, 4) is 0 Å². The summed E-state index contributed by atoms with van der Waals surface area (Å²) in [6, 6.07) is 7.15. The van der Waals surface area contributed by atoms with Crippen molar-refractivity contribution in [2.75, 3.05) is 0 Å². The van der Waals surface area contributed by atoms with Gasteiger partial charge in [0.1, 0.15) is 0 Å². The van der Waals surface area contributed by atoms with Crippen molar-refractivity contribution in [3.05, 3.63) is 35.4 Å². The maximum absolute atomic E-state index is 13.9. The molecule has 0 N–H and O–H groups in total. The average Bonchev–Trinajstić information content (AvgIpc) is 3.47. The van der Waals surface area contributed by atoms with Crippen molar-refractivity contribution < 1.29 is 48.1 Å². The van der Waals surface area contributed by atoms with Gasteiger partial charge in [0.05, 0.1) is 12.2 Å². The molecule has 16 atom stereocenters. The van der Waals surface area contributed by atoms with Crippen LogP contribution in [0.2, 0.25) is 0 Å². The van der Waals surface area contributed by atoms with Gasteiger partial charge in [0.15, 0.2) is 35.3 Å². The van der Waals surface area contributed by atoms with Gasteiger partial charge in [-0.3, -0.25) is 9.59 Å². The van der Waals surface area contributed by atoms with Gasteiger partial charge in [0, 0.05) is 48.6 Å². The summed E-state index contributed by atoms with van der Waals surface area (Å²) in [5, 5.41) is 0. The van der Waals surface area contributed by atoms with Crippen LogP contribution in [0.4, 0.5) is 0 Å². The van der Waals surface area contributed by atoms with Crippen molar-refractivity contribution in [3.63, 3.8) is 0 Å². The van der Waals surface area contributed by atoms with E-state index in [9.17, 15) is 9.59 Å². The van der Waals surface area contributed by atoms with E-state index in [1.54, 1.807) is 24.3 Å². The number of rotatable bonds is 6. The number of fused-ring (bicyclic) bond motifs is 4. The van der Waals surface area contributed by atoms with Gasteiger partial charge in [0.25, 0.3) is 0 Å². The molecule has 4 bridgehead atoms. The SMILES string of the molecule is C[C@@H]1CC[C@H]2[C@@H](C)C(CC(=O)c3cccc(C(=O)CC4O[C@H]5O[C@@]6(C)CC[C@H]7[C@H](C)CC[C@@H]([C@H]4C)[C@@]57OO6)c3)O[C@H]3O[C@@]4(C)CC[C@@H]1[C@]32OO4. The molecular formula is C40H54O10. The van der Waals surface area contributed by atoms with E-state index in [-0.39, 0.29) is 72.1 Å². The second-order valence-electron chi connectivity index (χ2n) is 17.7. The Morgan fingerprint density at radius 1 is 0.620 bits per heavy atom. The lowest BCUT2D eigenvalue weighted by atomic mass is 9.57. The van der Waals surface area contributed by atoms with E-state index in [1.807, 2.05) is 13.8 Å². The predicted octanol–water partition coefficient (Wildman–Crippen LogP) is 7.33. The highest BCUT2D eigenvalue weighted by Crippen LogP contribution is 2.62. The first-order valence-electron chi connectivity index (χ1n) is 19.4. The normalized spacial score (nSPS) is 52.0. The molecule has 274 valence electrons. The van der Waals surface area contributed by atoms with Crippen LogP contribution >= 0.6 is 0 Å². The van der Waals surface area contributed by atoms with Gasteiger partial charge in [-0.2, -0.15) is 0 Å². The Balaban J connectivity index is 0.909. The van der Waals surface area contributed by atoms with E-state index >= 15 is 0 Å². The summed E-state index contributed by atoms with van der Waals surface area (Å²) in [6.07, 6.45) is 6.15. The van der Waals surface area contributed by atoms with Crippen LogP contribution in [0, 0.1) is 47.3 Å². The summed E-state index contributed by atoms with van der Waals surface area (Å²) in [5.41, 5.74) is -0.293. The van der Waals surface area contributed by atoms with Gasteiger partial charge >= 0.3 is 0 Å². The quantitative estimate of drug-likeness (QED) is 0.222. The Bertz CT molecular complexity index is 1430. The minimum Gasteiger partial charge on any atom is -0.345 e. The molecule has 2 saturated carbocycles. The molecule has 10 fully saturated rings. The maximum atomic E-state index is 13.9. The second-order valence-corrected chi connectivity index (χ2v) is 17.7. The minimum atomic E-state index is -0.862. The topological polar surface area (TPSA) is 108 Å². The highest BCUT2D eigenvalue weighted by atomic mass is 17.3. The number of carbonyl (C=O) groups is 2. The lowest BCUT2D eigenvalue weighted by molar-refractivity contribution is -0.571. The number of ether oxygens (including phenoxy) is 4. The van der Waals surface area contributed by atoms with E-state index in [1.165, 1.54) is 0 Å². The first kappa shape index (κ1) is 34.0. The zero-order valence-electron chi connectivity index (χ0n) is 30.4. The number of hydrogen-bond acceptors (Lipinski definition) is 10. The van der Waals surface area contributed by atoms with Gasteiger partial charge in [0.2, 0.25) is 11.6 Å². The minimum absolute atomic E-state index is 0.0461. The van der Waals surface area contributed by atoms with Gasteiger partial charge in [-0.15, -0.1) is 0 Å². The van der Waals surface area contributed by atoms with E-state index in [0.29, 0.717) is 23.0 Å². The molecular weight excluding hydrogens is 640 g/mol. The summed E-state index contributed by atoms with van der Waals surface area (Å²) in [7, 11) is 0.